The van der Waals surface area contributed by atoms with E-state index in [4.69, 9.17) is 35.6 Å². The molecule has 0 N–H and O–H groups in total. The Kier molecular flexibility index (Phi) is 5.97. The number of benzene rings is 1. The Bertz CT molecular complexity index is 1570. The van der Waals surface area contributed by atoms with Gasteiger partial charge >= 0.3 is 23.9 Å². The molecule has 2 aromatic heterocycles. The van der Waals surface area contributed by atoms with Crippen LogP contribution < -0.4 is 18.9 Å². The smallest absolute Gasteiger partial charge is 0.337 e. The number of halogens is 1. The van der Waals surface area contributed by atoms with Gasteiger partial charge in [-0.25, -0.2) is 23.9 Å². The summed E-state index contributed by atoms with van der Waals surface area (Å²) in [6.07, 6.45) is 2.97. The van der Waals surface area contributed by atoms with Crippen LogP contribution in [0, 0.1) is 0 Å². The molecule has 0 radical (unpaired) electrons. The van der Waals surface area contributed by atoms with Crippen molar-refractivity contribution in [2.45, 2.75) is 13.1 Å². The summed E-state index contributed by atoms with van der Waals surface area (Å²) in [6.45, 7) is 1.81. The average Bonchev–Trinajstić information content (AvgIpc) is 3.24. The minimum atomic E-state index is -0.994. The Morgan fingerprint density at radius 2 is 1.46 bits per heavy atom. The van der Waals surface area contributed by atoms with Gasteiger partial charge < -0.3 is 18.9 Å². The second-order valence-corrected chi connectivity index (χ2v) is 8.59. The van der Waals surface area contributed by atoms with Crippen molar-refractivity contribution in [2.24, 2.45) is 0 Å². The van der Waals surface area contributed by atoms with Crippen LogP contribution in [-0.4, -0.2) is 57.6 Å². The van der Waals surface area contributed by atoms with Crippen molar-refractivity contribution in [3.8, 4) is 34.5 Å². The highest BCUT2D eigenvalue weighted by Crippen LogP contribution is 2.47. The number of nitrogens with zero attached hydrogens (tertiary/aromatic N) is 4. The SMILES string of the molecule is CC(N(C)C)n1nc2c3c4nc(c(c31)OC(=O)C=CC(=O)Oc1cc(Cl)ccc1-2)OC(=O)/C=C\C(=O)O4. The average molecular weight is 525 g/mol. The minimum Gasteiger partial charge on any atom is -0.423 e. The molecule has 1 atom stereocenters. The third-order valence-electron chi connectivity index (χ3n) is 5.56. The quantitative estimate of drug-likeness (QED) is 0.361. The first-order valence-electron chi connectivity index (χ1n) is 10.8. The number of esters is 4. The van der Waals surface area contributed by atoms with Crippen LogP contribution in [0.1, 0.15) is 13.1 Å². The van der Waals surface area contributed by atoms with Crippen molar-refractivity contribution in [2.75, 3.05) is 14.1 Å². The molecule has 6 bridgehead atoms. The zero-order valence-corrected chi connectivity index (χ0v) is 20.3. The van der Waals surface area contributed by atoms with Crippen molar-refractivity contribution < 1.29 is 38.1 Å². The molecule has 1 aromatic carbocycles. The van der Waals surface area contributed by atoms with E-state index < -0.39 is 35.9 Å². The zero-order chi connectivity index (χ0) is 26.4. The molecule has 5 rings (SSSR count). The normalized spacial score (nSPS) is 16.9. The van der Waals surface area contributed by atoms with Crippen LogP contribution in [0.15, 0.2) is 42.5 Å². The monoisotopic (exact) mass is 524 g/mol. The maximum absolute atomic E-state index is 12.7. The first kappa shape index (κ1) is 24.2. The second-order valence-electron chi connectivity index (χ2n) is 8.16. The molecule has 2 aliphatic heterocycles. The highest BCUT2D eigenvalue weighted by atomic mass is 35.5. The lowest BCUT2D eigenvalue weighted by Gasteiger charge is -2.22. The Labute approximate surface area is 213 Å². The molecule has 12 nitrogen and oxygen atoms in total. The highest BCUT2D eigenvalue weighted by molar-refractivity contribution is 6.31. The largest absolute Gasteiger partial charge is 0.423 e. The molecule has 2 aliphatic rings. The van der Waals surface area contributed by atoms with E-state index in [9.17, 15) is 19.2 Å². The van der Waals surface area contributed by atoms with Crippen molar-refractivity contribution in [1.82, 2.24) is 19.7 Å². The molecule has 4 heterocycles. The molecule has 0 fully saturated rings. The van der Waals surface area contributed by atoms with E-state index in [2.05, 4.69) is 4.98 Å². The lowest BCUT2D eigenvalue weighted by molar-refractivity contribution is -0.132. The van der Waals surface area contributed by atoms with Gasteiger partial charge in [0.25, 0.3) is 5.88 Å². The third-order valence-corrected chi connectivity index (χ3v) is 5.79. The summed E-state index contributed by atoms with van der Waals surface area (Å²) < 4.78 is 23.2. The molecule has 0 saturated carbocycles. The van der Waals surface area contributed by atoms with Crippen LogP contribution >= 0.6 is 11.6 Å². The van der Waals surface area contributed by atoms with Gasteiger partial charge in [0.05, 0.1) is 5.39 Å². The molecule has 188 valence electrons. The number of hydrogen-bond donors (Lipinski definition) is 0. The summed E-state index contributed by atoms with van der Waals surface area (Å²) in [6, 6.07) is 4.53. The highest BCUT2D eigenvalue weighted by Gasteiger charge is 2.33. The molecule has 0 saturated heterocycles. The van der Waals surface area contributed by atoms with E-state index in [1.807, 2.05) is 0 Å². The van der Waals surface area contributed by atoms with E-state index in [0.717, 1.165) is 24.3 Å². The van der Waals surface area contributed by atoms with Gasteiger partial charge in [0.1, 0.15) is 23.1 Å². The number of hydrogen-bond acceptors (Lipinski definition) is 11. The van der Waals surface area contributed by atoms with E-state index >= 15 is 0 Å². The molecule has 37 heavy (non-hydrogen) atoms. The topological polar surface area (TPSA) is 139 Å². The van der Waals surface area contributed by atoms with Crippen LogP contribution in [0.5, 0.6) is 23.3 Å². The first-order chi connectivity index (χ1) is 17.6. The zero-order valence-electron chi connectivity index (χ0n) is 19.6. The van der Waals surface area contributed by atoms with Gasteiger partial charge in [-0.05, 0) is 33.2 Å². The van der Waals surface area contributed by atoms with Gasteiger partial charge in [-0.2, -0.15) is 10.1 Å². The number of pyridine rings is 1. The van der Waals surface area contributed by atoms with Crippen LogP contribution in [0.2, 0.25) is 5.02 Å². The Balaban J connectivity index is 1.97. The number of rotatable bonds is 2. The molecule has 1 unspecified atom stereocenters. The van der Waals surface area contributed by atoms with Gasteiger partial charge in [0.2, 0.25) is 11.6 Å². The number of carbonyl (C=O) groups excluding carboxylic acids is 4. The van der Waals surface area contributed by atoms with Crippen molar-refractivity contribution in [3.63, 3.8) is 0 Å². The summed E-state index contributed by atoms with van der Waals surface area (Å²) in [7, 11) is 3.58. The fourth-order valence-corrected chi connectivity index (χ4v) is 3.81. The van der Waals surface area contributed by atoms with Crippen LogP contribution in [0.3, 0.4) is 0 Å². The summed E-state index contributed by atoms with van der Waals surface area (Å²) >= 11 is 6.17. The van der Waals surface area contributed by atoms with Crippen LogP contribution in [0.25, 0.3) is 22.2 Å². The number of fused-ring (bicyclic) bond motifs is 5. The molecule has 3 aromatic rings. The molecule has 0 aliphatic carbocycles. The molecular formula is C24H17ClN4O8. The van der Waals surface area contributed by atoms with E-state index in [0.29, 0.717) is 5.56 Å². The van der Waals surface area contributed by atoms with E-state index in [1.165, 1.54) is 10.7 Å². The second kappa shape index (κ2) is 9.15. The predicted molar refractivity (Wildman–Crippen MR) is 127 cm³/mol. The molecule has 0 amide bonds. The van der Waals surface area contributed by atoms with Gasteiger partial charge in [0, 0.05) is 41.0 Å². The Morgan fingerprint density at radius 1 is 0.865 bits per heavy atom. The van der Waals surface area contributed by atoms with Crippen molar-refractivity contribution >= 4 is 46.4 Å². The fourth-order valence-electron chi connectivity index (χ4n) is 3.65. The maximum Gasteiger partial charge on any atom is 0.337 e. The first-order valence-corrected chi connectivity index (χ1v) is 11.2. The Morgan fingerprint density at radius 3 is 2.11 bits per heavy atom. The standard InChI is InChI=1S/C24H17ClN4O8/c1-11(28(2)3)29-21-19-20(27-29)13-5-4-12(25)10-14(13)34-15(30)6-7-16(31)35-22(21)24-26-23(19)36-17(32)8-9-18(33)37-24/h4-11H,1-3H3/b7-6?,9-8-. The Hall–Kier alpha value is -4.55. The lowest BCUT2D eigenvalue weighted by atomic mass is 10.1. The molecular weight excluding hydrogens is 508 g/mol. The number of carbonyl (C=O) groups is 4. The molecule has 13 heteroatoms. The van der Waals surface area contributed by atoms with Crippen molar-refractivity contribution in [1.29, 1.82) is 0 Å². The maximum atomic E-state index is 12.7. The van der Waals surface area contributed by atoms with Gasteiger partial charge in [-0.15, -0.1) is 0 Å². The fraction of sp³-hybridized carbons (Fsp3) is 0.167. The van der Waals surface area contributed by atoms with Gasteiger partial charge in [0.15, 0.2) is 0 Å². The summed E-state index contributed by atoms with van der Waals surface area (Å²) in [4.78, 5) is 55.9. The van der Waals surface area contributed by atoms with Crippen LogP contribution in [0.4, 0.5) is 0 Å². The van der Waals surface area contributed by atoms with E-state index in [1.54, 1.807) is 38.1 Å². The van der Waals surface area contributed by atoms with Gasteiger partial charge in [-0.3, -0.25) is 4.90 Å². The number of aromatic nitrogens is 3. The van der Waals surface area contributed by atoms with Crippen molar-refractivity contribution in [3.05, 3.63) is 47.5 Å². The summed E-state index contributed by atoms with van der Waals surface area (Å²) in [5.41, 5.74) is 0.600. The minimum absolute atomic E-state index is 0.0266. The van der Waals surface area contributed by atoms with Gasteiger partial charge in [-0.1, -0.05) is 11.6 Å². The molecule has 0 spiro atoms. The van der Waals surface area contributed by atoms with E-state index in [-0.39, 0.29) is 39.0 Å². The lowest BCUT2D eigenvalue weighted by Crippen LogP contribution is -2.24. The summed E-state index contributed by atoms with van der Waals surface area (Å²) in [5, 5.41) is 5.11. The summed E-state index contributed by atoms with van der Waals surface area (Å²) in [5.74, 6) is -4.71. The van der Waals surface area contributed by atoms with Crippen LogP contribution in [-0.2, 0) is 19.2 Å². The predicted octanol–water partition coefficient (Wildman–Crippen LogP) is 2.59. The third kappa shape index (κ3) is 4.43. The number of ether oxygens (including phenoxy) is 4.